The van der Waals surface area contributed by atoms with Crippen LogP contribution in [0.1, 0.15) is 25.8 Å². The van der Waals surface area contributed by atoms with Crippen molar-refractivity contribution in [2.24, 2.45) is 5.92 Å². The molecule has 1 aliphatic heterocycles. The number of rotatable bonds is 4. The van der Waals surface area contributed by atoms with Gasteiger partial charge in [-0.25, -0.2) is 0 Å². The average molecular weight is 274 g/mol. The highest BCUT2D eigenvalue weighted by atomic mass is 16.2. The smallest absolute Gasteiger partial charge is 0.225 e. The summed E-state index contributed by atoms with van der Waals surface area (Å²) in [5, 5.41) is 0. The fourth-order valence-electron chi connectivity index (χ4n) is 2.71. The van der Waals surface area contributed by atoms with Gasteiger partial charge in [-0.15, -0.1) is 0 Å². The van der Waals surface area contributed by atoms with Crippen molar-refractivity contribution in [3.8, 4) is 0 Å². The molecule has 1 aromatic carbocycles. The van der Waals surface area contributed by atoms with Crippen molar-refractivity contribution >= 4 is 5.91 Å². The van der Waals surface area contributed by atoms with E-state index in [4.69, 9.17) is 0 Å². The molecule has 20 heavy (non-hydrogen) atoms. The minimum absolute atomic E-state index is 0.117. The molecule has 1 aromatic rings. The predicted molar refractivity (Wildman–Crippen MR) is 82.6 cm³/mol. The summed E-state index contributed by atoms with van der Waals surface area (Å²) in [6.07, 6.45) is 2.19. The first-order chi connectivity index (χ1) is 9.66. The van der Waals surface area contributed by atoms with Gasteiger partial charge in [0, 0.05) is 32.1 Å². The molecule has 1 fully saturated rings. The van der Waals surface area contributed by atoms with Gasteiger partial charge in [0.15, 0.2) is 0 Å². The lowest BCUT2D eigenvalue weighted by molar-refractivity contribution is -0.134. The lowest BCUT2D eigenvalue weighted by Crippen LogP contribution is -2.37. The zero-order valence-electron chi connectivity index (χ0n) is 12.7. The van der Waals surface area contributed by atoms with Crippen molar-refractivity contribution in [1.82, 2.24) is 9.80 Å². The molecule has 0 aliphatic carbocycles. The largest absolute Gasteiger partial charge is 0.341 e. The summed E-state index contributed by atoms with van der Waals surface area (Å²) < 4.78 is 0. The molecule has 0 saturated carbocycles. The molecule has 110 valence electrons. The van der Waals surface area contributed by atoms with E-state index < -0.39 is 0 Å². The normalized spacial score (nSPS) is 17.2. The number of nitrogens with zero attached hydrogens (tertiary/aromatic N) is 2. The van der Waals surface area contributed by atoms with E-state index in [0.29, 0.717) is 5.91 Å². The monoisotopic (exact) mass is 274 g/mol. The zero-order valence-corrected chi connectivity index (χ0v) is 12.7. The van der Waals surface area contributed by atoms with Gasteiger partial charge in [0.05, 0.1) is 0 Å². The van der Waals surface area contributed by atoms with E-state index in [1.807, 2.05) is 18.7 Å². The molecule has 0 bridgehead atoms. The van der Waals surface area contributed by atoms with Gasteiger partial charge in [0.2, 0.25) is 5.91 Å². The van der Waals surface area contributed by atoms with Gasteiger partial charge in [-0.3, -0.25) is 4.79 Å². The minimum Gasteiger partial charge on any atom is -0.341 e. The number of carbonyl (C=O) groups excluding carboxylic acids is 1. The summed E-state index contributed by atoms with van der Waals surface area (Å²) in [6, 6.07) is 10.6. The van der Waals surface area contributed by atoms with Crippen molar-refractivity contribution in [1.29, 1.82) is 0 Å². The van der Waals surface area contributed by atoms with Gasteiger partial charge in [0.25, 0.3) is 0 Å². The van der Waals surface area contributed by atoms with E-state index in [9.17, 15) is 4.79 Å². The maximum absolute atomic E-state index is 12.0. The molecule has 0 atom stereocenters. The van der Waals surface area contributed by atoms with Crippen molar-refractivity contribution in [2.45, 2.75) is 26.7 Å². The number of benzene rings is 1. The molecule has 0 spiro atoms. The van der Waals surface area contributed by atoms with Gasteiger partial charge < -0.3 is 9.80 Å². The molecule has 1 amide bonds. The Labute approximate surface area is 122 Å². The number of hydrogen-bond donors (Lipinski definition) is 0. The second-order valence-electron chi connectivity index (χ2n) is 5.91. The Hall–Kier alpha value is -1.35. The summed E-state index contributed by atoms with van der Waals surface area (Å²) in [7, 11) is 0. The highest BCUT2D eigenvalue weighted by Gasteiger charge is 2.20. The van der Waals surface area contributed by atoms with Crippen molar-refractivity contribution in [3.63, 3.8) is 0 Å². The third-order valence-electron chi connectivity index (χ3n) is 3.95. The lowest BCUT2D eigenvalue weighted by atomic mass is 10.1. The minimum atomic E-state index is 0.117. The fourth-order valence-corrected chi connectivity index (χ4v) is 2.71. The summed E-state index contributed by atoms with van der Waals surface area (Å²) in [5.41, 5.74) is 1.40. The van der Waals surface area contributed by atoms with Crippen LogP contribution in [0.15, 0.2) is 30.3 Å². The molecule has 1 aliphatic rings. The maximum atomic E-state index is 12.0. The van der Waals surface area contributed by atoms with Crippen molar-refractivity contribution < 1.29 is 4.79 Å². The molecular formula is C17H26N2O. The summed E-state index contributed by atoms with van der Waals surface area (Å²) in [4.78, 5) is 16.6. The molecule has 2 rings (SSSR count). The third kappa shape index (κ3) is 4.34. The first kappa shape index (κ1) is 15.0. The third-order valence-corrected chi connectivity index (χ3v) is 3.95. The highest BCUT2D eigenvalue weighted by Crippen LogP contribution is 2.09. The maximum Gasteiger partial charge on any atom is 0.225 e. The van der Waals surface area contributed by atoms with Gasteiger partial charge >= 0.3 is 0 Å². The number of hydrogen-bond acceptors (Lipinski definition) is 2. The van der Waals surface area contributed by atoms with Crippen LogP contribution in [0, 0.1) is 5.92 Å². The van der Waals surface area contributed by atoms with E-state index in [1.54, 1.807) is 0 Å². The molecular weight excluding hydrogens is 248 g/mol. The van der Waals surface area contributed by atoms with Crippen LogP contribution in [0.25, 0.3) is 0 Å². The average Bonchev–Trinajstić information content (AvgIpc) is 2.71. The summed E-state index contributed by atoms with van der Waals surface area (Å²) >= 11 is 0. The van der Waals surface area contributed by atoms with E-state index in [1.165, 1.54) is 5.56 Å². The van der Waals surface area contributed by atoms with Crippen molar-refractivity contribution in [2.75, 3.05) is 32.7 Å². The quantitative estimate of drug-likeness (QED) is 0.842. The second-order valence-corrected chi connectivity index (χ2v) is 5.91. The lowest BCUT2D eigenvalue weighted by Gasteiger charge is -2.23. The molecule has 1 heterocycles. The molecule has 0 radical (unpaired) electrons. The Morgan fingerprint density at radius 1 is 1.10 bits per heavy atom. The van der Waals surface area contributed by atoms with Gasteiger partial charge in [-0.05, 0) is 24.9 Å². The molecule has 0 N–H and O–H groups in total. The van der Waals surface area contributed by atoms with Gasteiger partial charge in [-0.1, -0.05) is 44.2 Å². The highest BCUT2D eigenvalue weighted by molar-refractivity contribution is 5.78. The fraction of sp³-hybridized carbons (Fsp3) is 0.588. The van der Waals surface area contributed by atoms with E-state index in [2.05, 4.69) is 35.2 Å². The molecule has 1 saturated heterocycles. The summed E-state index contributed by atoms with van der Waals surface area (Å²) in [5.74, 6) is 0.417. The van der Waals surface area contributed by atoms with Crippen LogP contribution in [-0.2, 0) is 11.2 Å². The van der Waals surface area contributed by atoms with Crippen LogP contribution in [0.2, 0.25) is 0 Å². The van der Waals surface area contributed by atoms with Crippen LogP contribution in [0.3, 0.4) is 0 Å². The second kappa shape index (κ2) is 7.44. The van der Waals surface area contributed by atoms with Crippen LogP contribution in [-0.4, -0.2) is 48.4 Å². The van der Waals surface area contributed by atoms with Crippen LogP contribution >= 0.6 is 0 Å². The molecule has 3 nitrogen and oxygen atoms in total. The molecule has 0 unspecified atom stereocenters. The van der Waals surface area contributed by atoms with Gasteiger partial charge in [-0.2, -0.15) is 0 Å². The predicted octanol–water partition coefficient (Wildman–Crippen LogP) is 2.42. The first-order valence-electron chi connectivity index (χ1n) is 7.72. The van der Waals surface area contributed by atoms with Gasteiger partial charge in [0.1, 0.15) is 0 Å². The summed E-state index contributed by atoms with van der Waals surface area (Å²) in [6.45, 7) is 8.97. The molecule has 3 heteroatoms. The van der Waals surface area contributed by atoms with Crippen LogP contribution in [0.4, 0.5) is 0 Å². The van der Waals surface area contributed by atoms with E-state index >= 15 is 0 Å². The SMILES string of the molecule is CC(C)C(=O)N1CCCN(CCc2ccccc2)CC1. The zero-order chi connectivity index (χ0) is 14.4. The van der Waals surface area contributed by atoms with E-state index in [0.717, 1.165) is 45.6 Å². The molecule has 0 aromatic heterocycles. The van der Waals surface area contributed by atoms with Crippen LogP contribution < -0.4 is 0 Å². The van der Waals surface area contributed by atoms with E-state index in [-0.39, 0.29) is 5.92 Å². The Morgan fingerprint density at radius 2 is 1.85 bits per heavy atom. The Balaban J connectivity index is 1.79. The Kier molecular flexibility index (Phi) is 5.60. The standard InChI is InChI=1S/C17H26N2O/c1-15(2)17(20)19-11-6-10-18(13-14-19)12-9-16-7-4-3-5-8-16/h3-5,7-8,15H,6,9-14H2,1-2H3. The number of amides is 1. The van der Waals surface area contributed by atoms with Crippen LogP contribution in [0.5, 0.6) is 0 Å². The Bertz CT molecular complexity index is 416. The Morgan fingerprint density at radius 3 is 2.55 bits per heavy atom. The number of carbonyl (C=O) groups is 1. The van der Waals surface area contributed by atoms with Crippen molar-refractivity contribution in [3.05, 3.63) is 35.9 Å². The topological polar surface area (TPSA) is 23.6 Å². The first-order valence-corrected chi connectivity index (χ1v) is 7.72.